The molecule has 2 heteroatoms. The van der Waals surface area contributed by atoms with E-state index in [1.807, 2.05) is 0 Å². The van der Waals surface area contributed by atoms with Gasteiger partial charge in [-0.05, 0) is 18.3 Å². The SMILES string of the molecule is CCC(C)[C@H]1CCOC[C@@H]1F. The van der Waals surface area contributed by atoms with Crippen molar-refractivity contribution in [2.45, 2.75) is 32.9 Å². The van der Waals surface area contributed by atoms with Gasteiger partial charge in [0.05, 0.1) is 6.61 Å². The molecule has 0 spiro atoms. The molecule has 0 aliphatic carbocycles. The zero-order valence-corrected chi connectivity index (χ0v) is 7.35. The van der Waals surface area contributed by atoms with Gasteiger partial charge in [0.2, 0.25) is 0 Å². The largest absolute Gasteiger partial charge is 0.378 e. The molecular formula is C9H17FO. The van der Waals surface area contributed by atoms with E-state index >= 15 is 0 Å². The van der Waals surface area contributed by atoms with Crippen molar-refractivity contribution in [1.82, 2.24) is 0 Å². The second-order valence-electron chi connectivity index (χ2n) is 3.43. The average Bonchev–Trinajstić information content (AvgIpc) is 2.04. The average molecular weight is 160 g/mol. The van der Waals surface area contributed by atoms with Gasteiger partial charge in [-0.2, -0.15) is 0 Å². The molecule has 0 aromatic carbocycles. The molecular weight excluding hydrogens is 143 g/mol. The number of halogens is 1. The third kappa shape index (κ3) is 2.16. The normalized spacial score (nSPS) is 35.2. The van der Waals surface area contributed by atoms with Crippen molar-refractivity contribution in [3.05, 3.63) is 0 Å². The van der Waals surface area contributed by atoms with Crippen LogP contribution in [0.4, 0.5) is 4.39 Å². The summed E-state index contributed by atoms with van der Waals surface area (Å²) >= 11 is 0. The molecule has 66 valence electrons. The topological polar surface area (TPSA) is 9.23 Å². The molecule has 1 fully saturated rings. The van der Waals surface area contributed by atoms with Crippen LogP contribution in [0.25, 0.3) is 0 Å². The lowest BCUT2D eigenvalue weighted by Gasteiger charge is -2.30. The number of rotatable bonds is 2. The van der Waals surface area contributed by atoms with Gasteiger partial charge in [-0.15, -0.1) is 0 Å². The molecule has 3 atom stereocenters. The summed E-state index contributed by atoms with van der Waals surface area (Å²) in [5, 5.41) is 0. The second-order valence-corrected chi connectivity index (χ2v) is 3.43. The molecule has 1 aliphatic rings. The van der Waals surface area contributed by atoms with E-state index in [4.69, 9.17) is 4.74 Å². The number of ether oxygens (including phenoxy) is 1. The minimum absolute atomic E-state index is 0.244. The molecule has 0 N–H and O–H groups in total. The molecule has 0 amide bonds. The van der Waals surface area contributed by atoms with Gasteiger partial charge in [0.15, 0.2) is 0 Å². The van der Waals surface area contributed by atoms with Crippen LogP contribution in [-0.4, -0.2) is 19.4 Å². The van der Waals surface area contributed by atoms with Gasteiger partial charge in [0.1, 0.15) is 6.17 Å². The van der Waals surface area contributed by atoms with E-state index in [1.165, 1.54) is 0 Å². The molecule has 1 unspecified atom stereocenters. The number of hydrogen-bond donors (Lipinski definition) is 0. The Morgan fingerprint density at radius 3 is 2.91 bits per heavy atom. The Morgan fingerprint density at radius 2 is 2.36 bits per heavy atom. The Morgan fingerprint density at radius 1 is 1.64 bits per heavy atom. The highest BCUT2D eigenvalue weighted by Crippen LogP contribution is 2.27. The number of hydrogen-bond acceptors (Lipinski definition) is 1. The number of alkyl halides is 1. The molecule has 1 heterocycles. The summed E-state index contributed by atoms with van der Waals surface area (Å²) in [6, 6.07) is 0. The van der Waals surface area contributed by atoms with Crippen LogP contribution in [0.15, 0.2) is 0 Å². The van der Waals surface area contributed by atoms with Gasteiger partial charge < -0.3 is 4.74 Å². The van der Waals surface area contributed by atoms with E-state index < -0.39 is 6.17 Å². The minimum Gasteiger partial charge on any atom is -0.378 e. The van der Waals surface area contributed by atoms with E-state index in [-0.39, 0.29) is 5.92 Å². The van der Waals surface area contributed by atoms with Crippen LogP contribution in [0.5, 0.6) is 0 Å². The van der Waals surface area contributed by atoms with Crippen molar-refractivity contribution >= 4 is 0 Å². The maximum Gasteiger partial charge on any atom is 0.126 e. The van der Waals surface area contributed by atoms with Crippen LogP contribution in [0.2, 0.25) is 0 Å². The van der Waals surface area contributed by atoms with Gasteiger partial charge in [-0.1, -0.05) is 20.3 Å². The van der Waals surface area contributed by atoms with Crippen LogP contribution in [0.1, 0.15) is 26.7 Å². The second kappa shape index (κ2) is 4.05. The summed E-state index contributed by atoms with van der Waals surface area (Å²) in [4.78, 5) is 0. The monoisotopic (exact) mass is 160 g/mol. The lowest BCUT2D eigenvalue weighted by atomic mass is 9.84. The van der Waals surface area contributed by atoms with Crippen LogP contribution in [0, 0.1) is 11.8 Å². The molecule has 0 bridgehead atoms. The molecule has 1 nitrogen and oxygen atoms in total. The Hall–Kier alpha value is -0.110. The predicted molar refractivity (Wildman–Crippen MR) is 43.3 cm³/mol. The van der Waals surface area contributed by atoms with Crippen molar-refractivity contribution < 1.29 is 9.13 Å². The van der Waals surface area contributed by atoms with Crippen molar-refractivity contribution in [2.24, 2.45) is 11.8 Å². The van der Waals surface area contributed by atoms with Gasteiger partial charge in [0, 0.05) is 6.61 Å². The quantitative estimate of drug-likeness (QED) is 0.602. The first-order chi connectivity index (χ1) is 5.25. The Kier molecular flexibility index (Phi) is 3.31. The fraction of sp³-hybridized carbons (Fsp3) is 1.00. The lowest BCUT2D eigenvalue weighted by molar-refractivity contribution is -0.0192. The van der Waals surface area contributed by atoms with E-state index in [2.05, 4.69) is 13.8 Å². The van der Waals surface area contributed by atoms with E-state index in [0.29, 0.717) is 12.5 Å². The summed E-state index contributed by atoms with van der Waals surface area (Å²) in [5.74, 6) is 0.752. The highest BCUT2D eigenvalue weighted by Gasteiger charge is 2.28. The fourth-order valence-electron chi connectivity index (χ4n) is 1.66. The van der Waals surface area contributed by atoms with Crippen molar-refractivity contribution in [2.75, 3.05) is 13.2 Å². The maximum atomic E-state index is 13.2. The molecule has 0 radical (unpaired) electrons. The van der Waals surface area contributed by atoms with Crippen molar-refractivity contribution in [3.63, 3.8) is 0 Å². The van der Waals surface area contributed by atoms with Crippen molar-refractivity contribution in [1.29, 1.82) is 0 Å². The highest BCUT2D eigenvalue weighted by atomic mass is 19.1. The predicted octanol–water partition coefficient (Wildman–Crippen LogP) is 2.41. The summed E-state index contributed by atoms with van der Waals surface area (Å²) < 4.78 is 18.2. The molecule has 0 saturated carbocycles. The third-order valence-corrected chi connectivity index (χ3v) is 2.71. The fourth-order valence-corrected chi connectivity index (χ4v) is 1.66. The zero-order valence-electron chi connectivity index (χ0n) is 7.35. The summed E-state index contributed by atoms with van der Waals surface area (Å²) in [7, 11) is 0. The highest BCUT2D eigenvalue weighted by molar-refractivity contribution is 4.76. The van der Waals surface area contributed by atoms with Crippen LogP contribution in [0.3, 0.4) is 0 Å². The molecule has 1 aliphatic heterocycles. The van der Waals surface area contributed by atoms with E-state index in [0.717, 1.165) is 19.4 Å². The smallest absolute Gasteiger partial charge is 0.126 e. The van der Waals surface area contributed by atoms with Crippen molar-refractivity contribution in [3.8, 4) is 0 Å². The molecule has 0 aromatic heterocycles. The maximum absolute atomic E-state index is 13.2. The van der Waals surface area contributed by atoms with E-state index in [9.17, 15) is 4.39 Å². The Bertz CT molecular complexity index is 112. The van der Waals surface area contributed by atoms with Gasteiger partial charge in [-0.25, -0.2) is 4.39 Å². The Balaban J connectivity index is 2.40. The zero-order chi connectivity index (χ0) is 8.27. The van der Waals surface area contributed by atoms with Gasteiger partial charge >= 0.3 is 0 Å². The third-order valence-electron chi connectivity index (χ3n) is 2.71. The first-order valence-corrected chi connectivity index (χ1v) is 4.47. The first-order valence-electron chi connectivity index (χ1n) is 4.47. The molecule has 1 rings (SSSR count). The van der Waals surface area contributed by atoms with Gasteiger partial charge in [0.25, 0.3) is 0 Å². The van der Waals surface area contributed by atoms with Crippen LogP contribution >= 0.6 is 0 Å². The standard InChI is InChI=1S/C9H17FO/c1-3-7(2)8-4-5-11-6-9(8)10/h7-9H,3-6H2,1-2H3/t7?,8-,9+/m1/s1. The van der Waals surface area contributed by atoms with E-state index in [1.54, 1.807) is 0 Å². The molecule has 1 saturated heterocycles. The summed E-state index contributed by atoms with van der Waals surface area (Å²) in [6.07, 6.45) is 1.25. The Labute approximate surface area is 67.9 Å². The lowest BCUT2D eigenvalue weighted by Crippen LogP contribution is -2.32. The summed E-state index contributed by atoms with van der Waals surface area (Å²) in [6.45, 7) is 5.31. The molecule has 0 aromatic rings. The van der Waals surface area contributed by atoms with Crippen LogP contribution < -0.4 is 0 Å². The molecule has 11 heavy (non-hydrogen) atoms. The van der Waals surface area contributed by atoms with Gasteiger partial charge in [-0.3, -0.25) is 0 Å². The minimum atomic E-state index is -0.723. The van der Waals surface area contributed by atoms with Crippen LogP contribution in [-0.2, 0) is 4.74 Å². The summed E-state index contributed by atoms with van der Waals surface area (Å²) in [5.41, 5.74) is 0. The first kappa shape index (κ1) is 8.98.